The van der Waals surface area contributed by atoms with Crippen LogP contribution in [0.25, 0.3) is 0 Å². The second-order valence-electron chi connectivity index (χ2n) is 5.24. The number of rotatable bonds is 3. The van der Waals surface area contributed by atoms with Gasteiger partial charge in [0, 0.05) is 13.0 Å². The minimum absolute atomic E-state index is 0.0754. The number of Topliss-reactive ketones (excluding diaryl/α,β-unsaturated/α-hetero) is 1. The number of nitrogens with zero attached hydrogens (tertiary/aromatic N) is 1. The number of fused-ring (bicyclic) bond motifs is 1. The van der Waals surface area contributed by atoms with E-state index >= 15 is 0 Å². The van der Waals surface area contributed by atoms with Gasteiger partial charge in [-0.1, -0.05) is 0 Å². The maximum Gasteiger partial charge on any atom is 0.299 e. The maximum absolute atomic E-state index is 14.1. The minimum Gasteiger partial charge on any atom is -0.353 e. The number of carbonyl (C=O) groups is 2. The van der Waals surface area contributed by atoms with Gasteiger partial charge >= 0.3 is 0 Å². The molecule has 0 atom stereocenters. The molecule has 0 saturated carbocycles. The smallest absolute Gasteiger partial charge is 0.299 e. The SMILES string of the molecule is Cc1cc(F)c2c(c1)C(=O)C(=O)N2CCC1OCCCO1. The molecule has 0 spiro atoms. The van der Waals surface area contributed by atoms with E-state index in [1.807, 2.05) is 0 Å². The van der Waals surface area contributed by atoms with E-state index < -0.39 is 23.8 Å². The Kier molecular flexibility index (Phi) is 3.73. The number of ether oxygens (including phenoxy) is 2. The molecule has 0 radical (unpaired) electrons. The summed E-state index contributed by atoms with van der Waals surface area (Å²) in [6.07, 6.45) is 0.847. The van der Waals surface area contributed by atoms with Crippen LogP contribution in [-0.2, 0) is 14.3 Å². The lowest BCUT2D eigenvalue weighted by molar-refractivity contribution is -0.179. The van der Waals surface area contributed by atoms with Crippen LogP contribution < -0.4 is 4.90 Å². The Morgan fingerprint density at radius 2 is 2.00 bits per heavy atom. The van der Waals surface area contributed by atoms with Gasteiger partial charge in [-0.2, -0.15) is 0 Å². The first-order chi connectivity index (χ1) is 10.1. The number of halogens is 1. The molecule has 0 unspecified atom stereocenters. The lowest BCUT2D eigenvalue weighted by Crippen LogP contribution is -2.35. The molecule has 1 amide bonds. The van der Waals surface area contributed by atoms with Crippen molar-refractivity contribution in [2.45, 2.75) is 26.1 Å². The molecule has 0 aliphatic carbocycles. The lowest BCUT2D eigenvalue weighted by Gasteiger charge is -2.25. The average Bonchev–Trinajstić information content (AvgIpc) is 2.71. The van der Waals surface area contributed by atoms with Crippen LogP contribution in [0.2, 0.25) is 0 Å². The Hall–Kier alpha value is -1.79. The van der Waals surface area contributed by atoms with Crippen molar-refractivity contribution in [2.24, 2.45) is 0 Å². The number of hydrogen-bond acceptors (Lipinski definition) is 4. The van der Waals surface area contributed by atoms with Crippen LogP contribution >= 0.6 is 0 Å². The molecule has 0 bridgehead atoms. The highest BCUT2D eigenvalue weighted by Gasteiger charge is 2.38. The number of amides is 1. The van der Waals surface area contributed by atoms with E-state index in [-0.39, 0.29) is 17.8 Å². The fourth-order valence-electron chi connectivity index (χ4n) is 2.67. The zero-order valence-corrected chi connectivity index (χ0v) is 11.7. The van der Waals surface area contributed by atoms with Crippen LogP contribution in [0.4, 0.5) is 10.1 Å². The molecule has 21 heavy (non-hydrogen) atoms. The number of anilines is 1. The van der Waals surface area contributed by atoms with Gasteiger partial charge < -0.3 is 14.4 Å². The third-order valence-corrected chi connectivity index (χ3v) is 3.65. The van der Waals surface area contributed by atoms with E-state index in [2.05, 4.69) is 0 Å². The van der Waals surface area contributed by atoms with E-state index in [4.69, 9.17) is 9.47 Å². The van der Waals surface area contributed by atoms with Crippen LogP contribution in [0.5, 0.6) is 0 Å². The molecule has 2 aliphatic heterocycles. The lowest BCUT2D eigenvalue weighted by atomic mass is 10.1. The Labute approximate surface area is 121 Å². The molecule has 1 fully saturated rings. The summed E-state index contributed by atoms with van der Waals surface area (Å²) in [5, 5.41) is 0. The minimum atomic E-state index is -0.690. The van der Waals surface area contributed by atoms with Gasteiger partial charge in [0.25, 0.3) is 11.7 Å². The van der Waals surface area contributed by atoms with Gasteiger partial charge in [0.1, 0.15) is 5.82 Å². The van der Waals surface area contributed by atoms with Gasteiger partial charge in [0.15, 0.2) is 6.29 Å². The van der Waals surface area contributed by atoms with Crippen molar-refractivity contribution in [3.8, 4) is 0 Å². The van der Waals surface area contributed by atoms with Crippen LogP contribution in [-0.4, -0.2) is 37.7 Å². The fourth-order valence-corrected chi connectivity index (χ4v) is 2.67. The summed E-state index contributed by atoms with van der Waals surface area (Å²) in [6, 6.07) is 2.87. The summed E-state index contributed by atoms with van der Waals surface area (Å²) in [6.45, 7) is 3.11. The van der Waals surface area contributed by atoms with Gasteiger partial charge in [-0.25, -0.2) is 4.39 Å². The average molecular weight is 293 g/mol. The summed E-state index contributed by atoms with van der Waals surface area (Å²) in [4.78, 5) is 25.2. The number of hydrogen-bond donors (Lipinski definition) is 0. The zero-order valence-electron chi connectivity index (χ0n) is 11.7. The van der Waals surface area contributed by atoms with Gasteiger partial charge in [-0.3, -0.25) is 9.59 Å². The molecule has 0 aromatic heterocycles. The van der Waals surface area contributed by atoms with Gasteiger partial charge in [-0.05, 0) is 31.0 Å². The molecule has 1 aromatic carbocycles. The number of aryl methyl sites for hydroxylation is 1. The monoisotopic (exact) mass is 293 g/mol. The van der Waals surface area contributed by atoms with Gasteiger partial charge in [-0.15, -0.1) is 0 Å². The summed E-state index contributed by atoms with van der Waals surface area (Å²) >= 11 is 0. The van der Waals surface area contributed by atoms with Crippen LogP contribution in [0, 0.1) is 12.7 Å². The molecule has 2 heterocycles. The second kappa shape index (κ2) is 5.54. The Morgan fingerprint density at radius 1 is 1.29 bits per heavy atom. The Balaban J connectivity index is 1.80. The first-order valence-corrected chi connectivity index (χ1v) is 6.97. The molecule has 112 valence electrons. The van der Waals surface area contributed by atoms with Gasteiger partial charge in [0.05, 0.1) is 24.5 Å². The predicted octanol–water partition coefficient (Wildman–Crippen LogP) is 1.82. The maximum atomic E-state index is 14.1. The summed E-state index contributed by atoms with van der Waals surface area (Å²) in [5.41, 5.74) is 0.836. The highest BCUT2D eigenvalue weighted by molar-refractivity contribution is 6.52. The molecular weight excluding hydrogens is 277 g/mol. The molecule has 1 saturated heterocycles. The fraction of sp³-hybridized carbons (Fsp3) is 0.467. The highest BCUT2D eigenvalue weighted by atomic mass is 19.1. The number of ketones is 1. The molecule has 2 aliphatic rings. The zero-order chi connectivity index (χ0) is 15.0. The van der Waals surface area contributed by atoms with Crippen molar-refractivity contribution in [3.63, 3.8) is 0 Å². The summed E-state index contributed by atoms with van der Waals surface area (Å²) in [5.74, 6) is -1.89. The van der Waals surface area contributed by atoms with E-state index in [1.54, 1.807) is 13.0 Å². The van der Waals surface area contributed by atoms with E-state index in [9.17, 15) is 14.0 Å². The Bertz CT molecular complexity index is 596. The molecular formula is C15H16FNO4. The van der Waals surface area contributed by atoms with E-state index in [0.717, 1.165) is 6.42 Å². The third kappa shape index (κ3) is 2.56. The van der Waals surface area contributed by atoms with Crippen LogP contribution in [0.1, 0.15) is 28.8 Å². The normalized spacial score (nSPS) is 19.2. The first kappa shape index (κ1) is 14.2. The molecule has 3 rings (SSSR count). The summed E-state index contributed by atoms with van der Waals surface area (Å²) in [7, 11) is 0. The first-order valence-electron chi connectivity index (χ1n) is 6.97. The van der Waals surface area contributed by atoms with Crippen LogP contribution in [0.15, 0.2) is 12.1 Å². The topological polar surface area (TPSA) is 55.8 Å². The van der Waals surface area contributed by atoms with Crippen molar-refractivity contribution in [2.75, 3.05) is 24.7 Å². The molecule has 0 N–H and O–H groups in total. The Morgan fingerprint density at radius 3 is 2.71 bits per heavy atom. The molecule has 5 nitrogen and oxygen atoms in total. The standard InChI is InChI=1S/C15H16FNO4/c1-9-7-10-13(11(16)8-9)17(15(19)14(10)18)4-3-12-20-5-2-6-21-12/h7-8,12H,2-6H2,1H3. The number of benzene rings is 1. The quantitative estimate of drug-likeness (QED) is 0.798. The van der Waals surface area contributed by atoms with Crippen molar-refractivity contribution in [1.82, 2.24) is 0 Å². The molecule has 1 aromatic rings. The van der Waals surface area contributed by atoms with E-state index in [1.165, 1.54) is 11.0 Å². The summed E-state index contributed by atoms with van der Waals surface area (Å²) < 4.78 is 24.9. The van der Waals surface area contributed by atoms with Crippen molar-refractivity contribution in [1.29, 1.82) is 0 Å². The van der Waals surface area contributed by atoms with Crippen molar-refractivity contribution in [3.05, 3.63) is 29.1 Å². The van der Waals surface area contributed by atoms with Crippen molar-refractivity contribution < 1.29 is 23.5 Å². The third-order valence-electron chi connectivity index (χ3n) is 3.65. The van der Waals surface area contributed by atoms with Gasteiger partial charge in [0.2, 0.25) is 0 Å². The molecule has 6 heteroatoms. The largest absolute Gasteiger partial charge is 0.353 e. The highest BCUT2D eigenvalue weighted by Crippen LogP contribution is 2.33. The van der Waals surface area contributed by atoms with Crippen LogP contribution in [0.3, 0.4) is 0 Å². The predicted molar refractivity (Wildman–Crippen MR) is 72.7 cm³/mol. The van der Waals surface area contributed by atoms with Crippen molar-refractivity contribution >= 4 is 17.4 Å². The van der Waals surface area contributed by atoms with E-state index in [0.29, 0.717) is 25.2 Å². The number of carbonyl (C=O) groups excluding carboxylic acids is 2. The second-order valence-corrected chi connectivity index (χ2v) is 5.24.